The number of nitrogens with two attached hydrogens (primary N) is 1. The quantitative estimate of drug-likeness (QED) is 0.464. The molecule has 66 valence electrons. The molecule has 0 spiro atoms. The van der Waals surface area contributed by atoms with Crippen LogP contribution >= 0.6 is 11.6 Å². The van der Waals surface area contributed by atoms with Crippen LogP contribution in [0.2, 0.25) is 5.15 Å². The number of rotatable bonds is 2. The standard InChI is InChI=1S/C6H9ClN4O/c1-3(12)11-6-4(8)5(7)9-2-10-6/h2-3,12H,8H2,1H3,(H,9,10,11). The van der Waals surface area contributed by atoms with Gasteiger partial charge in [-0.05, 0) is 6.92 Å². The molecule has 0 saturated heterocycles. The highest BCUT2D eigenvalue weighted by Crippen LogP contribution is 2.21. The average molecular weight is 189 g/mol. The van der Waals surface area contributed by atoms with Gasteiger partial charge in [-0.2, -0.15) is 0 Å². The Kier molecular flexibility index (Phi) is 2.67. The van der Waals surface area contributed by atoms with E-state index in [2.05, 4.69) is 15.3 Å². The summed E-state index contributed by atoms with van der Waals surface area (Å²) in [5.41, 5.74) is 5.74. The molecular weight excluding hydrogens is 180 g/mol. The number of halogens is 1. The number of aliphatic hydroxyl groups excluding tert-OH is 1. The van der Waals surface area contributed by atoms with E-state index in [0.717, 1.165) is 0 Å². The summed E-state index contributed by atoms with van der Waals surface area (Å²) in [4.78, 5) is 7.44. The Labute approximate surface area is 74.6 Å². The SMILES string of the molecule is CC(O)Nc1ncnc(Cl)c1N. The fourth-order valence-corrected chi connectivity index (χ4v) is 0.820. The van der Waals surface area contributed by atoms with Gasteiger partial charge in [0, 0.05) is 0 Å². The molecule has 0 aromatic carbocycles. The lowest BCUT2D eigenvalue weighted by Crippen LogP contribution is -2.16. The van der Waals surface area contributed by atoms with Crippen LogP contribution in [-0.4, -0.2) is 21.3 Å². The highest BCUT2D eigenvalue weighted by Gasteiger charge is 2.06. The minimum atomic E-state index is -0.724. The highest BCUT2D eigenvalue weighted by atomic mass is 35.5. The van der Waals surface area contributed by atoms with Gasteiger partial charge in [0.2, 0.25) is 0 Å². The Bertz CT molecular complexity index is 278. The van der Waals surface area contributed by atoms with Crippen LogP contribution in [0.1, 0.15) is 6.92 Å². The molecule has 0 bridgehead atoms. The lowest BCUT2D eigenvalue weighted by atomic mass is 10.4. The summed E-state index contributed by atoms with van der Waals surface area (Å²) in [5, 5.41) is 11.7. The minimum absolute atomic E-state index is 0.174. The van der Waals surface area contributed by atoms with Crippen molar-refractivity contribution in [3.63, 3.8) is 0 Å². The zero-order valence-corrected chi connectivity index (χ0v) is 7.21. The predicted octanol–water partition coefficient (Wildman–Crippen LogP) is 0.462. The second-order valence-electron chi connectivity index (χ2n) is 2.25. The largest absolute Gasteiger partial charge is 0.393 e. The van der Waals surface area contributed by atoms with E-state index in [1.165, 1.54) is 6.33 Å². The van der Waals surface area contributed by atoms with Crippen LogP contribution in [0, 0.1) is 0 Å². The van der Waals surface area contributed by atoms with Gasteiger partial charge in [0.1, 0.15) is 18.2 Å². The monoisotopic (exact) mass is 188 g/mol. The van der Waals surface area contributed by atoms with Crippen molar-refractivity contribution in [1.29, 1.82) is 0 Å². The van der Waals surface area contributed by atoms with Crippen molar-refractivity contribution in [1.82, 2.24) is 9.97 Å². The summed E-state index contributed by atoms with van der Waals surface area (Å²) in [6.45, 7) is 1.55. The van der Waals surface area contributed by atoms with Crippen molar-refractivity contribution >= 4 is 23.1 Å². The first-order valence-electron chi connectivity index (χ1n) is 3.32. The molecule has 1 aromatic rings. The Morgan fingerprint density at radius 3 is 2.92 bits per heavy atom. The zero-order valence-electron chi connectivity index (χ0n) is 6.45. The van der Waals surface area contributed by atoms with E-state index in [0.29, 0.717) is 5.82 Å². The van der Waals surface area contributed by atoms with Gasteiger partial charge in [-0.3, -0.25) is 0 Å². The molecule has 0 aliphatic heterocycles. The summed E-state index contributed by atoms with van der Waals surface area (Å²) in [6.07, 6.45) is 0.543. The van der Waals surface area contributed by atoms with E-state index in [9.17, 15) is 0 Å². The fourth-order valence-electron chi connectivity index (χ4n) is 0.687. The molecule has 1 unspecified atom stereocenters. The van der Waals surface area contributed by atoms with Gasteiger partial charge in [-0.25, -0.2) is 9.97 Å². The minimum Gasteiger partial charge on any atom is -0.393 e. The van der Waals surface area contributed by atoms with Gasteiger partial charge in [-0.15, -0.1) is 0 Å². The van der Waals surface area contributed by atoms with Crippen molar-refractivity contribution in [3.05, 3.63) is 11.5 Å². The second kappa shape index (κ2) is 3.55. The number of nitrogen functional groups attached to an aromatic ring is 1. The van der Waals surface area contributed by atoms with Crippen LogP contribution < -0.4 is 11.1 Å². The topological polar surface area (TPSA) is 84.1 Å². The average Bonchev–Trinajstić information content (AvgIpc) is 1.98. The van der Waals surface area contributed by atoms with Crippen LogP contribution in [-0.2, 0) is 0 Å². The maximum absolute atomic E-state index is 8.95. The van der Waals surface area contributed by atoms with Gasteiger partial charge in [-0.1, -0.05) is 11.6 Å². The molecule has 6 heteroatoms. The zero-order chi connectivity index (χ0) is 9.14. The second-order valence-corrected chi connectivity index (χ2v) is 2.61. The van der Waals surface area contributed by atoms with Crippen molar-refractivity contribution in [2.75, 3.05) is 11.1 Å². The molecule has 0 radical (unpaired) electrons. The van der Waals surface area contributed by atoms with Crippen molar-refractivity contribution in [3.8, 4) is 0 Å². The van der Waals surface area contributed by atoms with Gasteiger partial charge in [0.25, 0.3) is 0 Å². The third-order valence-corrected chi connectivity index (χ3v) is 1.48. The smallest absolute Gasteiger partial charge is 0.157 e. The van der Waals surface area contributed by atoms with Gasteiger partial charge in [0.05, 0.1) is 0 Å². The van der Waals surface area contributed by atoms with Crippen LogP contribution in [0.25, 0.3) is 0 Å². The molecule has 0 aliphatic carbocycles. The van der Waals surface area contributed by atoms with E-state index < -0.39 is 6.23 Å². The number of nitrogens with one attached hydrogen (secondary N) is 1. The molecule has 1 atom stereocenters. The fraction of sp³-hybridized carbons (Fsp3) is 0.333. The van der Waals surface area contributed by atoms with Crippen LogP contribution in [0.4, 0.5) is 11.5 Å². The van der Waals surface area contributed by atoms with Gasteiger partial charge in [0.15, 0.2) is 11.0 Å². The first-order valence-corrected chi connectivity index (χ1v) is 3.69. The molecule has 4 N–H and O–H groups in total. The number of aliphatic hydroxyl groups is 1. The number of hydrogen-bond acceptors (Lipinski definition) is 5. The van der Waals surface area contributed by atoms with E-state index in [1.54, 1.807) is 6.92 Å². The Morgan fingerprint density at radius 1 is 1.67 bits per heavy atom. The molecule has 1 rings (SSSR count). The lowest BCUT2D eigenvalue weighted by molar-refractivity contribution is 0.224. The summed E-state index contributed by atoms with van der Waals surface area (Å²) >= 11 is 5.60. The first kappa shape index (κ1) is 9.02. The number of anilines is 2. The predicted molar refractivity (Wildman–Crippen MR) is 46.8 cm³/mol. The molecule has 0 aliphatic rings. The van der Waals surface area contributed by atoms with Crippen molar-refractivity contribution in [2.45, 2.75) is 13.2 Å². The molecule has 1 heterocycles. The Hall–Kier alpha value is -1.07. The third-order valence-electron chi connectivity index (χ3n) is 1.18. The summed E-state index contributed by atoms with van der Waals surface area (Å²) in [6, 6.07) is 0. The van der Waals surface area contributed by atoms with E-state index in [-0.39, 0.29) is 10.8 Å². The highest BCUT2D eigenvalue weighted by molar-refractivity contribution is 6.32. The normalized spacial score (nSPS) is 12.6. The Balaban J connectivity index is 2.92. The maximum atomic E-state index is 8.95. The van der Waals surface area contributed by atoms with E-state index in [4.69, 9.17) is 22.4 Å². The molecule has 0 saturated carbocycles. The van der Waals surface area contributed by atoms with E-state index in [1.807, 2.05) is 0 Å². The van der Waals surface area contributed by atoms with Crippen LogP contribution in [0.3, 0.4) is 0 Å². The van der Waals surface area contributed by atoms with Gasteiger partial charge < -0.3 is 16.2 Å². The molecule has 0 amide bonds. The maximum Gasteiger partial charge on any atom is 0.157 e. The third kappa shape index (κ3) is 1.96. The summed E-state index contributed by atoms with van der Waals surface area (Å²) in [5.74, 6) is 0.338. The molecule has 0 fully saturated rings. The molecular formula is C6H9ClN4O. The first-order chi connectivity index (χ1) is 5.61. The number of nitrogens with zero attached hydrogens (tertiary/aromatic N) is 2. The molecule has 1 aromatic heterocycles. The van der Waals surface area contributed by atoms with Crippen LogP contribution in [0.5, 0.6) is 0 Å². The number of aromatic nitrogens is 2. The number of hydrogen-bond donors (Lipinski definition) is 3. The van der Waals surface area contributed by atoms with Crippen molar-refractivity contribution in [2.24, 2.45) is 0 Å². The van der Waals surface area contributed by atoms with Gasteiger partial charge >= 0.3 is 0 Å². The Morgan fingerprint density at radius 2 is 2.33 bits per heavy atom. The van der Waals surface area contributed by atoms with E-state index >= 15 is 0 Å². The lowest BCUT2D eigenvalue weighted by Gasteiger charge is -2.09. The van der Waals surface area contributed by atoms with Crippen molar-refractivity contribution < 1.29 is 5.11 Å². The van der Waals surface area contributed by atoms with Crippen LogP contribution in [0.15, 0.2) is 6.33 Å². The summed E-state index contributed by atoms with van der Waals surface area (Å²) in [7, 11) is 0. The molecule has 5 nitrogen and oxygen atoms in total. The summed E-state index contributed by atoms with van der Waals surface area (Å²) < 4.78 is 0. The molecule has 12 heavy (non-hydrogen) atoms.